The molecule has 0 heterocycles. The summed E-state index contributed by atoms with van der Waals surface area (Å²) in [4.78, 5) is 25.2. The van der Waals surface area contributed by atoms with E-state index in [4.69, 9.17) is 0 Å². The summed E-state index contributed by atoms with van der Waals surface area (Å²) in [6, 6.07) is 4.80. The second kappa shape index (κ2) is 7.02. The zero-order chi connectivity index (χ0) is 17.0. The highest BCUT2D eigenvalue weighted by Crippen LogP contribution is 2.34. The fourth-order valence-corrected chi connectivity index (χ4v) is 2.90. The average molecular weight is 328 g/mol. The minimum Gasteiger partial charge on any atom is -0.331 e. The van der Waals surface area contributed by atoms with Crippen molar-refractivity contribution in [3.05, 3.63) is 29.8 Å². The SMILES string of the molecule is CC(=O)N(CC(=O)Nc1ccccc1C(F)(F)F)C1CCCC1. The van der Waals surface area contributed by atoms with Crippen LogP contribution in [0.4, 0.5) is 18.9 Å². The molecule has 0 radical (unpaired) electrons. The van der Waals surface area contributed by atoms with Gasteiger partial charge < -0.3 is 10.2 Å². The third-order valence-corrected chi connectivity index (χ3v) is 3.99. The van der Waals surface area contributed by atoms with Gasteiger partial charge in [-0.25, -0.2) is 0 Å². The van der Waals surface area contributed by atoms with Gasteiger partial charge in [0.05, 0.1) is 11.3 Å². The summed E-state index contributed by atoms with van der Waals surface area (Å²) in [5.41, 5.74) is -1.19. The number of para-hydroxylation sites is 1. The Labute approximate surface area is 132 Å². The summed E-state index contributed by atoms with van der Waals surface area (Å²) in [7, 11) is 0. The van der Waals surface area contributed by atoms with E-state index in [1.807, 2.05) is 0 Å². The van der Waals surface area contributed by atoms with Crippen molar-refractivity contribution in [1.82, 2.24) is 4.90 Å². The van der Waals surface area contributed by atoms with Gasteiger partial charge in [0.2, 0.25) is 11.8 Å². The molecule has 0 unspecified atom stereocenters. The summed E-state index contributed by atoms with van der Waals surface area (Å²) in [6.45, 7) is 1.14. The Morgan fingerprint density at radius 2 is 1.83 bits per heavy atom. The van der Waals surface area contributed by atoms with Gasteiger partial charge in [-0.05, 0) is 25.0 Å². The van der Waals surface area contributed by atoms with Crippen LogP contribution in [0.5, 0.6) is 0 Å². The summed E-state index contributed by atoms with van der Waals surface area (Å²) >= 11 is 0. The molecule has 0 aromatic heterocycles. The number of anilines is 1. The number of rotatable bonds is 4. The van der Waals surface area contributed by atoms with E-state index in [-0.39, 0.29) is 24.2 Å². The van der Waals surface area contributed by atoms with Gasteiger partial charge in [-0.2, -0.15) is 13.2 Å². The summed E-state index contributed by atoms with van der Waals surface area (Å²) in [5.74, 6) is -0.861. The quantitative estimate of drug-likeness (QED) is 0.920. The zero-order valence-electron chi connectivity index (χ0n) is 12.8. The number of benzene rings is 1. The Balaban J connectivity index is 2.08. The van der Waals surface area contributed by atoms with E-state index in [1.165, 1.54) is 30.0 Å². The van der Waals surface area contributed by atoms with Crippen LogP contribution in [0, 0.1) is 0 Å². The second-order valence-corrected chi connectivity index (χ2v) is 5.68. The van der Waals surface area contributed by atoms with Crippen molar-refractivity contribution in [3.8, 4) is 0 Å². The molecule has 1 aliphatic rings. The van der Waals surface area contributed by atoms with Crippen LogP contribution in [0.25, 0.3) is 0 Å². The maximum absolute atomic E-state index is 12.9. The number of nitrogens with one attached hydrogen (secondary N) is 1. The van der Waals surface area contributed by atoms with E-state index in [0.29, 0.717) is 0 Å². The number of nitrogens with zero attached hydrogens (tertiary/aromatic N) is 1. The van der Waals surface area contributed by atoms with Gasteiger partial charge in [0.15, 0.2) is 0 Å². The number of halogens is 3. The molecule has 23 heavy (non-hydrogen) atoms. The number of amides is 2. The molecule has 0 saturated heterocycles. The molecule has 2 amide bonds. The minimum atomic E-state index is -4.55. The third-order valence-electron chi connectivity index (χ3n) is 3.99. The fourth-order valence-electron chi connectivity index (χ4n) is 2.90. The molecular formula is C16H19F3N2O2. The molecule has 126 valence electrons. The van der Waals surface area contributed by atoms with Crippen LogP contribution in [-0.2, 0) is 15.8 Å². The first-order chi connectivity index (χ1) is 10.8. The largest absolute Gasteiger partial charge is 0.418 e. The number of hydrogen-bond donors (Lipinski definition) is 1. The molecule has 4 nitrogen and oxygen atoms in total. The van der Waals surface area contributed by atoms with E-state index in [9.17, 15) is 22.8 Å². The first-order valence-electron chi connectivity index (χ1n) is 7.52. The lowest BCUT2D eigenvalue weighted by Crippen LogP contribution is -2.42. The molecule has 0 bridgehead atoms. The maximum Gasteiger partial charge on any atom is 0.418 e. The normalized spacial score (nSPS) is 15.5. The summed E-state index contributed by atoms with van der Waals surface area (Å²) < 4.78 is 38.8. The van der Waals surface area contributed by atoms with Crippen molar-refractivity contribution in [3.63, 3.8) is 0 Å². The van der Waals surface area contributed by atoms with Crippen molar-refractivity contribution in [2.45, 2.75) is 44.8 Å². The van der Waals surface area contributed by atoms with Crippen molar-refractivity contribution >= 4 is 17.5 Å². The third kappa shape index (κ3) is 4.46. The molecule has 0 aliphatic heterocycles. The van der Waals surface area contributed by atoms with Gasteiger partial charge in [0.25, 0.3) is 0 Å². The van der Waals surface area contributed by atoms with Crippen LogP contribution in [0.2, 0.25) is 0 Å². The van der Waals surface area contributed by atoms with E-state index >= 15 is 0 Å². The maximum atomic E-state index is 12.9. The predicted octanol–water partition coefficient (Wildman–Crippen LogP) is 3.44. The smallest absolute Gasteiger partial charge is 0.331 e. The lowest BCUT2D eigenvalue weighted by molar-refractivity contribution is -0.137. The van der Waals surface area contributed by atoms with Gasteiger partial charge >= 0.3 is 6.18 Å². The van der Waals surface area contributed by atoms with Crippen LogP contribution >= 0.6 is 0 Å². The number of carbonyl (C=O) groups is 2. The van der Waals surface area contributed by atoms with E-state index < -0.39 is 17.6 Å². The van der Waals surface area contributed by atoms with Gasteiger partial charge in [0.1, 0.15) is 6.54 Å². The molecular weight excluding hydrogens is 309 g/mol. The van der Waals surface area contributed by atoms with Crippen molar-refractivity contribution in [1.29, 1.82) is 0 Å². The Hall–Kier alpha value is -2.05. The second-order valence-electron chi connectivity index (χ2n) is 5.68. The highest BCUT2D eigenvalue weighted by atomic mass is 19.4. The minimum absolute atomic E-state index is 0.00360. The van der Waals surface area contributed by atoms with Crippen LogP contribution in [0.1, 0.15) is 38.2 Å². The molecule has 1 aromatic rings. The molecule has 1 fully saturated rings. The molecule has 1 saturated carbocycles. The number of alkyl halides is 3. The summed E-state index contributed by atoms with van der Waals surface area (Å²) in [5, 5.41) is 2.27. The molecule has 7 heteroatoms. The first kappa shape index (κ1) is 17.3. The highest BCUT2D eigenvalue weighted by Gasteiger charge is 2.34. The topological polar surface area (TPSA) is 49.4 Å². The first-order valence-corrected chi connectivity index (χ1v) is 7.52. The predicted molar refractivity (Wildman–Crippen MR) is 79.7 cm³/mol. The molecule has 1 aromatic carbocycles. The van der Waals surface area contributed by atoms with Gasteiger partial charge in [-0.3, -0.25) is 9.59 Å². The number of carbonyl (C=O) groups excluding carboxylic acids is 2. The fraction of sp³-hybridized carbons (Fsp3) is 0.500. The lowest BCUT2D eigenvalue weighted by atomic mass is 10.1. The molecule has 1 N–H and O–H groups in total. The molecule has 1 aliphatic carbocycles. The summed E-state index contributed by atoms with van der Waals surface area (Å²) in [6.07, 6.45) is -0.909. The highest BCUT2D eigenvalue weighted by molar-refractivity contribution is 5.95. The van der Waals surface area contributed by atoms with Crippen LogP contribution in [0.3, 0.4) is 0 Å². The molecule has 0 spiro atoms. The van der Waals surface area contributed by atoms with Crippen molar-refractivity contribution in [2.24, 2.45) is 0 Å². The average Bonchev–Trinajstić information content (AvgIpc) is 2.97. The van der Waals surface area contributed by atoms with Gasteiger partial charge in [-0.1, -0.05) is 25.0 Å². The van der Waals surface area contributed by atoms with Crippen LogP contribution in [-0.4, -0.2) is 29.3 Å². The Morgan fingerprint density at radius 1 is 1.22 bits per heavy atom. The lowest BCUT2D eigenvalue weighted by Gasteiger charge is -2.27. The van der Waals surface area contributed by atoms with Crippen LogP contribution < -0.4 is 5.32 Å². The van der Waals surface area contributed by atoms with Gasteiger partial charge in [-0.15, -0.1) is 0 Å². The Morgan fingerprint density at radius 3 is 2.39 bits per heavy atom. The van der Waals surface area contributed by atoms with Gasteiger partial charge in [0, 0.05) is 13.0 Å². The molecule has 0 atom stereocenters. The van der Waals surface area contributed by atoms with E-state index in [1.54, 1.807) is 0 Å². The monoisotopic (exact) mass is 328 g/mol. The van der Waals surface area contributed by atoms with Crippen molar-refractivity contribution < 1.29 is 22.8 Å². The van der Waals surface area contributed by atoms with E-state index in [0.717, 1.165) is 31.7 Å². The zero-order valence-corrected chi connectivity index (χ0v) is 12.8. The van der Waals surface area contributed by atoms with Crippen LogP contribution in [0.15, 0.2) is 24.3 Å². The Bertz CT molecular complexity index is 581. The standard InChI is InChI=1S/C16H19F3N2O2/c1-11(22)21(12-6-2-3-7-12)10-15(23)20-14-9-5-4-8-13(14)16(17,18)19/h4-5,8-9,12H,2-3,6-7,10H2,1H3,(H,20,23). The number of hydrogen-bond acceptors (Lipinski definition) is 2. The Kier molecular flexibility index (Phi) is 5.28. The van der Waals surface area contributed by atoms with E-state index in [2.05, 4.69) is 5.32 Å². The molecule has 2 rings (SSSR count). The van der Waals surface area contributed by atoms with Crippen molar-refractivity contribution in [2.75, 3.05) is 11.9 Å².